The Morgan fingerprint density at radius 1 is 1.39 bits per heavy atom. The highest BCUT2D eigenvalue weighted by molar-refractivity contribution is 9.10. The topological polar surface area (TPSA) is 63.6 Å². The Hall–Kier alpha value is -1.36. The van der Waals surface area contributed by atoms with Gasteiger partial charge in [0.05, 0.1) is 0 Å². The molecule has 5 heteroatoms. The maximum Gasteiger partial charge on any atom is 0.342 e. The number of hydrogen-bond acceptors (Lipinski definition) is 4. The van der Waals surface area contributed by atoms with Gasteiger partial charge in [-0.05, 0) is 37.5 Å². The van der Waals surface area contributed by atoms with Crippen LogP contribution < -0.4 is 0 Å². The van der Waals surface area contributed by atoms with E-state index in [1.54, 1.807) is 6.07 Å². The molecule has 1 saturated carbocycles. The second-order valence-corrected chi connectivity index (χ2v) is 5.18. The number of rotatable bonds is 2. The first-order valence-electron chi connectivity index (χ1n) is 5.80. The number of carbonyl (C=O) groups is 2. The molecular formula is C13H13BrO4. The van der Waals surface area contributed by atoms with Crippen LogP contribution in [0.2, 0.25) is 0 Å². The van der Waals surface area contributed by atoms with E-state index in [9.17, 15) is 14.7 Å². The molecule has 1 N–H and O–H groups in total. The zero-order valence-corrected chi connectivity index (χ0v) is 11.3. The summed E-state index contributed by atoms with van der Waals surface area (Å²) in [5.74, 6) is -0.843. The smallest absolute Gasteiger partial charge is 0.342 e. The molecule has 1 atom stereocenters. The van der Waals surface area contributed by atoms with Gasteiger partial charge in [0.2, 0.25) is 0 Å². The Morgan fingerprint density at radius 2 is 2.17 bits per heavy atom. The maximum atomic E-state index is 11.9. The van der Waals surface area contributed by atoms with Crippen LogP contribution in [-0.4, -0.2) is 23.0 Å². The van der Waals surface area contributed by atoms with E-state index in [2.05, 4.69) is 15.9 Å². The molecule has 1 aliphatic rings. The van der Waals surface area contributed by atoms with Crippen molar-refractivity contribution in [3.63, 3.8) is 0 Å². The van der Waals surface area contributed by atoms with Gasteiger partial charge in [-0.2, -0.15) is 0 Å². The van der Waals surface area contributed by atoms with Gasteiger partial charge >= 0.3 is 5.97 Å². The van der Waals surface area contributed by atoms with E-state index >= 15 is 0 Å². The van der Waals surface area contributed by atoms with Crippen LogP contribution in [0.1, 0.15) is 36.0 Å². The van der Waals surface area contributed by atoms with Crippen LogP contribution in [-0.2, 0) is 9.53 Å². The molecule has 0 unspecified atom stereocenters. The summed E-state index contributed by atoms with van der Waals surface area (Å²) in [4.78, 5) is 23.4. The Morgan fingerprint density at radius 3 is 2.89 bits per heavy atom. The van der Waals surface area contributed by atoms with Crippen LogP contribution in [0.25, 0.3) is 0 Å². The number of benzene rings is 1. The third-order valence-corrected chi connectivity index (χ3v) is 3.42. The molecule has 0 aliphatic heterocycles. The van der Waals surface area contributed by atoms with Gasteiger partial charge in [-0.1, -0.05) is 15.9 Å². The van der Waals surface area contributed by atoms with E-state index < -0.39 is 12.1 Å². The first kappa shape index (κ1) is 13.1. The zero-order valence-electron chi connectivity index (χ0n) is 9.69. The lowest BCUT2D eigenvalue weighted by Gasteiger charge is -2.20. The quantitative estimate of drug-likeness (QED) is 0.853. The zero-order chi connectivity index (χ0) is 13.1. The van der Waals surface area contributed by atoms with Crippen LogP contribution >= 0.6 is 15.9 Å². The van der Waals surface area contributed by atoms with Crippen LogP contribution in [0.15, 0.2) is 22.7 Å². The molecule has 2 rings (SSSR count). The minimum absolute atomic E-state index is 0.0379. The minimum atomic E-state index is -0.662. The Bertz CT molecular complexity index is 484. The van der Waals surface area contributed by atoms with E-state index in [0.29, 0.717) is 17.3 Å². The third kappa shape index (κ3) is 2.90. The number of phenolic OH excluding ortho intramolecular Hbond substituents is 1. The Labute approximate surface area is 113 Å². The van der Waals surface area contributed by atoms with Crippen LogP contribution in [0.4, 0.5) is 0 Å². The number of Topliss-reactive ketones (excluding diaryl/α,β-unsaturated/α-hetero) is 1. The molecule has 1 aromatic rings. The van der Waals surface area contributed by atoms with E-state index in [-0.39, 0.29) is 17.1 Å². The van der Waals surface area contributed by atoms with E-state index in [1.165, 1.54) is 12.1 Å². The van der Waals surface area contributed by atoms with Crippen LogP contribution in [0.3, 0.4) is 0 Å². The summed E-state index contributed by atoms with van der Waals surface area (Å²) in [6.07, 6.45) is 2.11. The average molecular weight is 313 g/mol. The van der Waals surface area contributed by atoms with Crippen molar-refractivity contribution in [2.45, 2.75) is 31.8 Å². The molecule has 0 bridgehead atoms. The van der Waals surface area contributed by atoms with Crippen molar-refractivity contribution in [1.29, 1.82) is 0 Å². The summed E-state index contributed by atoms with van der Waals surface area (Å²) in [7, 11) is 0. The monoisotopic (exact) mass is 312 g/mol. The average Bonchev–Trinajstić information content (AvgIpc) is 2.35. The van der Waals surface area contributed by atoms with Crippen molar-refractivity contribution >= 4 is 27.7 Å². The predicted octanol–water partition coefficient (Wildman–Crippen LogP) is 2.82. The summed E-state index contributed by atoms with van der Waals surface area (Å²) >= 11 is 3.22. The van der Waals surface area contributed by atoms with Crippen molar-refractivity contribution in [2.24, 2.45) is 0 Å². The fourth-order valence-corrected chi connectivity index (χ4v) is 2.30. The van der Waals surface area contributed by atoms with Gasteiger partial charge in [-0.25, -0.2) is 4.79 Å². The van der Waals surface area contributed by atoms with Gasteiger partial charge < -0.3 is 9.84 Å². The lowest BCUT2D eigenvalue weighted by molar-refractivity contribution is -0.129. The molecule has 0 saturated heterocycles. The molecule has 1 aliphatic carbocycles. The van der Waals surface area contributed by atoms with Crippen LogP contribution in [0, 0.1) is 0 Å². The van der Waals surface area contributed by atoms with Crippen molar-refractivity contribution in [1.82, 2.24) is 0 Å². The SMILES string of the molecule is O=C(O[C@H]1CCCCC1=O)c1cc(Br)ccc1O. The first-order chi connectivity index (χ1) is 8.58. The van der Waals surface area contributed by atoms with Gasteiger partial charge in [0.25, 0.3) is 0 Å². The molecular weight excluding hydrogens is 300 g/mol. The number of hydrogen-bond donors (Lipinski definition) is 1. The van der Waals surface area contributed by atoms with Crippen molar-refractivity contribution in [3.8, 4) is 5.75 Å². The molecule has 0 heterocycles. The molecule has 18 heavy (non-hydrogen) atoms. The fourth-order valence-electron chi connectivity index (χ4n) is 1.94. The van der Waals surface area contributed by atoms with Crippen molar-refractivity contribution < 1.29 is 19.4 Å². The molecule has 1 aromatic carbocycles. The first-order valence-corrected chi connectivity index (χ1v) is 6.59. The largest absolute Gasteiger partial charge is 0.507 e. The number of phenols is 1. The fraction of sp³-hybridized carbons (Fsp3) is 0.385. The highest BCUT2D eigenvalue weighted by atomic mass is 79.9. The predicted molar refractivity (Wildman–Crippen MR) is 68.5 cm³/mol. The van der Waals surface area contributed by atoms with Crippen molar-refractivity contribution in [3.05, 3.63) is 28.2 Å². The Balaban J connectivity index is 2.11. The second kappa shape index (κ2) is 5.52. The van der Waals surface area contributed by atoms with E-state index in [0.717, 1.165) is 12.8 Å². The number of ether oxygens (including phenoxy) is 1. The molecule has 1 fully saturated rings. The molecule has 0 spiro atoms. The van der Waals surface area contributed by atoms with Crippen molar-refractivity contribution in [2.75, 3.05) is 0 Å². The van der Waals surface area contributed by atoms with Gasteiger partial charge in [0, 0.05) is 10.9 Å². The molecule has 0 aromatic heterocycles. The Kier molecular flexibility index (Phi) is 4.01. The normalized spacial score (nSPS) is 19.6. The second-order valence-electron chi connectivity index (χ2n) is 4.27. The summed E-state index contributed by atoms with van der Waals surface area (Å²) in [6, 6.07) is 4.51. The van der Waals surface area contributed by atoms with Gasteiger partial charge in [-0.15, -0.1) is 0 Å². The van der Waals surface area contributed by atoms with Gasteiger partial charge in [-0.3, -0.25) is 4.79 Å². The highest BCUT2D eigenvalue weighted by Gasteiger charge is 2.27. The molecule has 0 amide bonds. The third-order valence-electron chi connectivity index (χ3n) is 2.93. The van der Waals surface area contributed by atoms with Gasteiger partial charge in [0.15, 0.2) is 11.9 Å². The molecule has 96 valence electrons. The summed E-state index contributed by atoms with van der Waals surface area (Å²) in [5.41, 5.74) is 0.0720. The number of aromatic hydroxyl groups is 1. The highest BCUT2D eigenvalue weighted by Crippen LogP contribution is 2.25. The maximum absolute atomic E-state index is 11.9. The van der Waals surface area contributed by atoms with Crippen LogP contribution in [0.5, 0.6) is 5.75 Å². The van der Waals surface area contributed by atoms with E-state index in [1.807, 2.05) is 0 Å². The molecule has 4 nitrogen and oxygen atoms in total. The number of carbonyl (C=O) groups excluding carboxylic acids is 2. The number of esters is 1. The number of halogens is 1. The number of ketones is 1. The minimum Gasteiger partial charge on any atom is -0.507 e. The lowest BCUT2D eigenvalue weighted by Crippen LogP contribution is -2.30. The van der Waals surface area contributed by atoms with E-state index in [4.69, 9.17) is 4.74 Å². The lowest BCUT2D eigenvalue weighted by atomic mass is 9.96. The summed E-state index contributed by atoms with van der Waals surface area (Å²) < 4.78 is 5.82. The summed E-state index contributed by atoms with van der Waals surface area (Å²) in [6.45, 7) is 0. The van der Waals surface area contributed by atoms with Gasteiger partial charge in [0.1, 0.15) is 11.3 Å². The molecule has 0 radical (unpaired) electrons. The summed E-state index contributed by atoms with van der Waals surface area (Å²) in [5, 5.41) is 9.59. The standard InChI is InChI=1S/C13H13BrO4/c14-8-5-6-10(15)9(7-8)13(17)18-12-4-2-1-3-11(12)16/h5-7,12,15H,1-4H2/t12-/m0/s1.